The predicted octanol–water partition coefficient (Wildman–Crippen LogP) is 7.66. The van der Waals surface area contributed by atoms with Gasteiger partial charge in [-0.15, -0.1) is 0 Å². The van der Waals surface area contributed by atoms with Crippen LogP contribution in [-0.2, 0) is 6.42 Å². The molecule has 2 nitrogen and oxygen atoms in total. The number of Topliss-reactive ketones (excluding diaryl/α,β-unsaturated/α-hetero) is 1. The van der Waals surface area contributed by atoms with Crippen molar-refractivity contribution in [1.29, 1.82) is 0 Å². The third-order valence-corrected chi connectivity index (χ3v) is 6.12. The van der Waals surface area contributed by atoms with Gasteiger partial charge in [0.15, 0.2) is 5.78 Å². The van der Waals surface area contributed by atoms with E-state index >= 15 is 0 Å². The number of hydrogen-bond donors (Lipinski definition) is 0. The number of rotatable bonds is 10. The van der Waals surface area contributed by atoms with Crippen LogP contribution in [0.5, 0.6) is 5.75 Å². The van der Waals surface area contributed by atoms with Crippen molar-refractivity contribution in [2.24, 2.45) is 0 Å². The van der Waals surface area contributed by atoms with Gasteiger partial charge >= 0.3 is 0 Å². The van der Waals surface area contributed by atoms with Crippen LogP contribution in [0.15, 0.2) is 30.3 Å². The van der Waals surface area contributed by atoms with Crippen molar-refractivity contribution in [1.82, 2.24) is 0 Å². The highest BCUT2D eigenvalue weighted by molar-refractivity contribution is 6.00. The first-order valence-electron chi connectivity index (χ1n) is 11.4. The summed E-state index contributed by atoms with van der Waals surface area (Å²) in [6.07, 6.45) is 15.4. The number of benzene rings is 2. The Morgan fingerprint density at radius 1 is 0.929 bits per heavy atom. The van der Waals surface area contributed by atoms with Crippen LogP contribution in [0.1, 0.15) is 100 Å². The number of ketones is 1. The molecule has 2 heteroatoms. The lowest BCUT2D eigenvalue weighted by Gasteiger charge is -2.24. The van der Waals surface area contributed by atoms with Gasteiger partial charge in [-0.25, -0.2) is 0 Å². The van der Waals surface area contributed by atoms with Gasteiger partial charge in [-0.05, 0) is 74.6 Å². The Bertz CT molecular complexity index is 771. The molecular formula is C26H36O2. The minimum absolute atomic E-state index is 0.131. The third kappa shape index (κ3) is 5.59. The van der Waals surface area contributed by atoms with Crippen LogP contribution in [0.4, 0.5) is 0 Å². The molecule has 0 bridgehead atoms. The number of aryl methyl sites for hydroxylation is 1. The topological polar surface area (TPSA) is 26.3 Å². The summed E-state index contributed by atoms with van der Waals surface area (Å²) in [7, 11) is 0. The van der Waals surface area contributed by atoms with E-state index in [9.17, 15) is 4.79 Å². The van der Waals surface area contributed by atoms with Crippen molar-refractivity contribution < 1.29 is 9.53 Å². The number of fused-ring (bicyclic) bond motifs is 1. The molecule has 0 unspecified atom stereocenters. The molecule has 1 saturated carbocycles. The maximum atomic E-state index is 11.9. The molecule has 152 valence electrons. The summed E-state index contributed by atoms with van der Waals surface area (Å²) in [6.45, 7) is 3.91. The average Bonchev–Trinajstić information content (AvgIpc) is 2.72. The Hall–Kier alpha value is -1.83. The van der Waals surface area contributed by atoms with Crippen molar-refractivity contribution in [2.45, 2.75) is 97.0 Å². The predicted molar refractivity (Wildman–Crippen MR) is 119 cm³/mol. The van der Waals surface area contributed by atoms with Crippen molar-refractivity contribution in [3.63, 3.8) is 0 Å². The first kappa shape index (κ1) is 20.9. The first-order valence-corrected chi connectivity index (χ1v) is 11.4. The number of carbonyl (C=O) groups excluding carboxylic acids is 1. The monoisotopic (exact) mass is 380 g/mol. The standard InChI is InChI=1S/C26H36O2/c1-3-4-5-6-7-9-12-21-16-18-26(28-23-13-10-8-11-14-23)24-17-15-22(20(2)27)19-25(21)24/h15-19,23H,3-14H2,1-2H3. The molecule has 0 heterocycles. The highest BCUT2D eigenvalue weighted by atomic mass is 16.5. The van der Waals surface area contributed by atoms with Crippen molar-refractivity contribution in [3.05, 3.63) is 41.5 Å². The fraction of sp³-hybridized carbons (Fsp3) is 0.577. The molecule has 0 spiro atoms. The molecule has 0 aliphatic heterocycles. The Kier molecular flexibility index (Phi) is 7.94. The van der Waals surface area contributed by atoms with Gasteiger partial charge in [0.2, 0.25) is 0 Å². The summed E-state index contributed by atoms with van der Waals surface area (Å²) in [5.74, 6) is 1.12. The molecule has 0 atom stereocenters. The molecule has 28 heavy (non-hydrogen) atoms. The van der Waals surface area contributed by atoms with E-state index in [1.54, 1.807) is 6.92 Å². The lowest BCUT2D eigenvalue weighted by molar-refractivity contribution is 0.101. The highest BCUT2D eigenvalue weighted by Crippen LogP contribution is 2.33. The minimum atomic E-state index is 0.131. The van der Waals surface area contributed by atoms with Gasteiger partial charge in [-0.2, -0.15) is 0 Å². The van der Waals surface area contributed by atoms with Gasteiger partial charge in [0.1, 0.15) is 5.75 Å². The summed E-state index contributed by atoms with van der Waals surface area (Å²) in [5, 5.41) is 2.37. The lowest BCUT2D eigenvalue weighted by atomic mass is 9.95. The molecule has 0 radical (unpaired) electrons. The first-order chi connectivity index (χ1) is 13.7. The van der Waals surface area contributed by atoms with Crippen LogP contribution < -0.4 is 4.74 Å². The number of ether oxygens (including phenoxy) is 1. The molecule has 3 rings (SSSR count). The van der Waals surface area contributed by atoms with E-state index < -0.39 is 0 Å². The molecule has 0 N–H and O–H groups in total. The van der Waals surface area contributed by atoms with E-state index in [0.29, 0.717) is 6.10 Å². The molecule has 1 aliphatic carbocycles. The quantitative estimate of drug-likeness (QED) is 0.312. The van der Waals surface area contributed by atoms with Crippen molar-refractivity contribution >= 4 is 16.6 Å². The van der Waals surface area contributed by atoms with Crippen LogP contribution in [0.25, 0.3) is 10.8 Å². The summed E-state index contributed by atoms with van der Waals surface area (Å²) in [6, 6.07) is 10.5. The SMILES string of the molecule is CCCCCCCCc1ccc(OC2CCCCC2)c2ccc(C(C)=O)cc12. The average molecular weight is 381 g/mol. The summed E-state index contributed by atoms with van der Waals surface area (Å²) < 4.78 is 6.41. The zero-order chi connectivity index (χ0) is 19.8. The highest BCUT2D eigenvalue weighted by Gasteiger charge is 2.17. The van der Waals surface area contributed by atoms with Crippen molar-refractivity contribution in [3.8, 4) is 5.75 Å². The largest absolute Gasteiger partial charge is 0.490 e. The smallest absolute Gasteiger partial charge is 0.159 e. The second kappa shape index (κ2) is 10.6. The maximum absolute atomic E-state index is 11.9. The molecule has 1 fully saturated rings. The second-order valence-electron chi connectivity index (χ2n) is 8.44. The molecule has 2 aromatic carbocycles. The lowest BCUT2D eigenvalue weighted by Crippen LogP contribution is -2.19. The fourth-order valence-electron chi connectivity index (χ4n) is 4.38. The van der Waals surface area contributed by atoms with Crippen LogP contribution in [0.3, 0.4) is 0 Å². The molecule has 2 aromatic rings. The van der Waals surface area contributed by atoms with E-state index in [-0.39, 0.29) is 5.78 Å². The van der Waals surface area contributed by atoms with Crippen LogP contribution in [0.2, 0.25) is 0 Å². The minimum Gasteiger partial charge on any atom is -0.490 e. The molecule has 0 aromatic heterocycles. The van der Waals surface area contributed by atoms with Crippen LogP contribution >= 0.6 is 0 Å². The maximum Gasteiger partial charge on any atom is 0.159 e. The van der Waals surface area contributed by atoms with E-state index in [4.69, 9.17) is 4.74 Å². The number of unbranched alkanes of at least 4 members (excludes halogenated alkanes) is 5. The van der Waals surface area contributed by atoms with Crippen LogP contribution in [0, 0.1) is 0 Å². The van der Waals surface area contributed by atoms with Crippen molar-refractivity contribution in [2.75, 3.05) is 0 Å². The van der Waals surface area contributed by atoms with Gasteiger partial charge in [-0.3, -0.25) is 4.79 Å². The van der Waals surface area contributed by atoms with Gasteiger partial charge in [0.25, 0.3) is 0 Å². The normalized spacial score (nSPS) is 15.1. The fourth-order valence-corrected chi connectivity index (χ4v) is 4.38. The molecule has 1 aliphatic rings. The van der Waals surface area contributed by atoms with Gasteiger partial charge < -0.3 is 4.74 Å². The Balaban J connectivity index is 1.78. The summed E-state index contributed by atoms with van der Waals surface area (Å²) in [4.78, 5) is 11.9. The second-order valence-corrected chi connectivity index (χ2v) is 8.44. The Labute approximate surface area is 170 Å². The third-order valence-electron chi connectivity index (χ3n) is 6.12. The van der Waals surface area contributed by atoms with E-state index in [2.05, 4.69) is 31.2 Å². The molecule has 0 saturated heterocycles. The Morgan fingerprint density at radius 2 is 1.68 bits per heavy atom. The zero-order valence-electron chi connectivity index (χ0n) is 17.8. The van der Waals surface area contributed by atoms with E-state index in [1.807, 2.05) is 6.07 Å². The zero-order valence-corrected chi connectivity index (χ0v) is 17.8. The molecule has 0 amide bonds. The van der Waals surface area contributed by atoms with Gasteiger partial charge in [-0.1, -0.05) is 57.6 Å². The summed E-state index contributed by atoms with van der Waals surface area (Å²) in [5.41, 5.74) is 2.15. The van der Waals surface area contributed by atoms with Crippen LogP contribution in [-0.4, -0.2) is 11.9 Å². The van der Waals surface area contributed by atoms with Gasteiger partial charge in [0.05, 0.1) is 6.10 Å². The molecular weight excluding hydrogens is 344 g/mol. The number of hydrogen-bond acceptors (Lipinski definition) is 2. The summed E-state index contributed by atoms with van der Waals surface area (Å²) >= 11 is 0. The number of carbonyl (C=O) groups is 1. The Morgan fingerprint density at radius 3 is 2.43 bits per heavy atom. The van der Waals surface area contributed by atoms with E-state index in [0.717, 1.165) is 30.6 Å². The van der Waals surface area contributed by atoms with E-state index in [1.165, 1.54) is 74.1 Å². The van der Waals surface area contributed by atoms with Gasteiger partial charge in [0, 0.05) is 10.9 Å².